The van der Waals surface area contributed by atoms with Crippen LogP contribution in [0.25, 0.3) is 0 Å². The molecule has 0 saturated heterocycles. The van der Waals surface area contributed by atoms with Gasteiger partial charge in [-0.2, -0.15) is 0 Å². The van der Waals surface area contributed by atoms with Crippen LogP contribution in [0.2, 0.25) is 0 Å². The third-order valence-corrected chi connectivity index (χ3v) is 2.83. The van der Waals surface area contributed by atoms with Crippen LogP contribution in [0, 0.1) is 0 Å². The van der Waals surface area contributed by atoms with Crippen molar-refractivity contribution in [3.8, 4) is 11.5 Å². The Balaban J connectivity index is 2.65. The highest BCUT2D eigenvalue weighted by molar-refractivity contribution is 5.41. The lowest BCUT2D eigenvalue weighted by atomic mass is 10.0. The molecule has 1 aromatic carbocycles. The number of hydrogen-bond acceptors (Lipinski definition) is 4. The summed E-state index contributed by atoms with van der Waals surface area (Å²) in [6, 6.07) is 5.34. The Morgan fingerprint density at radius 2 is 2.06 bits per heavy atom. The summed E-state index contributed by atoms with van der Waals surface area (Å²) < 4.78 is 5.34. The van der Waals surface area contributed by atoms with Crippen molar-refractivity contribution in [2.45, 2.75) is 39.3 Å². The summed E-state index contributed by atoms with van der Waals surface area (Å²) in [5, 5.41) is 21.9. The number of benzene rings is 1. The minimum absolute atomic E-state index is 0.113. The molecule has 0 amide bonds. The molecule has 0 aliphatic carbocycles. The summed E-state index contributed by atoms with van der Waals surface area (Å²) in [4.78, 5) is 0. The van der Waals surface area contributed by atoms with Gasteiger partial charge in [0.2, 0.25) is 0 Å². The summed E-state index contributed by atoms with van der Waals surface area (Å²) in [6.07, 6.45) is 0.698. The van der Waals surface area contributed by atoms with Crippen LogP contribution < -0.4 is 10.1 Å². The Labute approximate surface area is 109 Å². The van der Waals surface area contributed by atoms with E-state index < -0.39 is 0 Å². The molecular weight excluding hydrogens is 230 g/mol. The van der Waals surface area contributed by atoms with Crippen LogP contribution in [-0.2, 0) is 6.54 Å². The van der Waals surface area contributed by atoms with E-state index in [0.717, 1.165) is 5.56 Å². The predicted octanol–water partition coefficient (Wildman–Crippen LogP) is 2.04. The molecule has 3 N–H and O–H groups in total. The van der Waals surface area contributed by atoms with Gasteiger partial charge >= 0.3 is 0 Å². The number of nitrogens with one attached hydrogen (secondary N) is 1. The van der Waals surface area contributed by atoms with E-state index in [9.17, 15) is 5.11 Å². The van der Waals surface area contributed by atoms with Gasteiger partial charge in [0, 0.05) is 18.7 Å². The van der Waals surface area contributed by atoms with Gasteiger partial charge in [0.1, 0.15) is 0 Å². The van der Waals surface area contributed by atoms with Gasteiger partial charge in [0.25, 0.3) is 0 Å². The molecule has 0 bridgehead atoms. The molecule has 102 valence electrons. The van der Waals surface area contributed by atoms with Gasteiger partial charge < -0.3 is 20.3 Å². The number of hydrogen-bond donors (Lipinski definition) is 3. The van der Waals surface area contributed by atoms with Crippen molar-refractivity contribution in [3.63, 3.8) is 0 Å². The van der Waals surface area contributed by atoms with Crippen molar-refractivity contribution in [3.05, 3.63) is 23.8 Å². The largest absolute Gasteiger partial charge is 0.504 e. The van der Waals surface area contributed by atoms with E-state index >= 15 is 0 Å². The molecule has 0 aliphatic rings. The van der Waals surface area contributed by atoms with E-state index in [1.165, 1.54) is 0 Å². The molecule has 0 unspecified atom stereocenters. The second-order valence-corrected chi connectivity index (χ2v) is 4.95. The fourth-order valence-electron chi connectivity index (χ4n) is 1.65. The van der Waals surface area contributed by atoms with Gasteiger partial charge in [0.05, 0.1) is 6.61 Å². The molecule has 0 atom stereocenters. The van der Waals surface area contributed by atoms with Crippen LogP contribution in [-0.4, -0.2) is 29.0 Å². The lowest BCUT2D eigenvalue weighted by Gasteiger charge is -2.25. The van der Waals surface area contributed by atoms with E-state index in [0.29, 0.717) is 25.3 Å². The first-order valence-corrected chi connectivity index (χ1v) is 6.29. The maximum Gasteiger partial charge on any atom is 0.161 e. The molecule has 4 nitrogen and oxygen atoms in total. The van der Waals surface area contributed by atoms with Crippen molar-refractivity contribution in [2.24, 2.45) is 0 Å². The van der Waals surface area contributed by atoms with Crippen LogP contribution in [0.15, 0.2) is 18.2 Å². The summed E-state index contributed by atoms with van der Waals surface area (Å²) >= 11 is 0. The summed E-state index contributed by atoms with van der Waals surface area (Å²) in [5.74, 6) is 0.673. The first-order chi connectivity index (χ1) is 8.48. The normalized spacial score (nSPS) is 11.6. The van der Waals surface area contributed by atoms with Crippen molar-refractivity contribution in [2.75, 3.05) is 13.2 Å². The average Bonchev–Trinajstić information content (AvgIpc) is 2.30. The molecule has 4 heteroatoms. The average molecular weight is 253 g/mol. The number of rotatable bonds is 7. The minimum atomic E-state index is -0.113. The Bertz CT molecular complexity index is 377. The summed E-state index contributed by atoms with van der Waals surface area (Å²) in [7, 11) is 0. The van der Waals surface area contributed by atoms with E-state index in [1.807, 2.05) is 32.9 Å². The molecule has 18 heavy (non-hydrogen) atoms. The van der Waals surface area contributed by atoms with Crippen molar-refractivity contribution in [1.29, 1.82) is 0 Å². The topological polar surface area (TPSA) is 61.7 Å². The SMILES string of the molecule is CCOc1cc(CNC(C)(C)CCO)ccc1O. The number of phenols is 1. The maximum absolute atomic E-state index is 9.60. The first kappa shape index (κ1) is 14.8. The molecule has 0 saturated carbocycles. The molecule has 0 fully saturated rings. The second kappa shape index (κ2) is 6.61. The number of ether oxygens (including phenoxy) is 1. The number of aliphatic hydroxyl groups excluding tert-OH is 1. The van der Waals surface area contributed by atoms with Crippen molar-refractivity contribution >= 4 is 0 Å². The molecule has 0 aliphatic heterocycles. The Morgan fingerprint density at radius 1 is 1.33 bits per heavy atom. The van der Waals surface area contributed by atoms with Gasteiger partial charge in [0.15, 0.2) is 11.5 Å². The van der Waals surface area contributed by atoms with Gasteiger partial charge in [-0.3, -0.25) is 0 Å². The fourth-order valence-corrected chi connectivity index (χ4v) is 1.65. The van der Waals surface area contributed by atoms with Crippen molar-refractivity contribution in [1.82, 2.24) is 5.32 Å². The maximum atomic E-state index is 9.60. The molecule has 0 heterocycles. The summed E-state index contributed by atoms with van der Waals surface area (Å²) in [5.41, 5.74) is 0.931. The predicted molar refractivity (Wildman–Crippen MR) is 71.9 cm³/mol. The van der Waals surface area contributed by atoms with E-state index in [4.69, 9.17) is 9.84 Å². The monoisotopic (exact) mass is 253 g/mol. The molecule has 1 rings (SSSR count). The van der Waals surface area contributed by atoms with Crippen LogP contribution in [0.5, 0.6) is 11.5 Å². The number of aromatic hydroxyl groups is 1. The highest BCUT2D eigenvalue weighted by Gasteiger charge is 2.16. The third kappa shape index (κ3) is 4.55. The highest BCUT2D eigenvalue weighted by Crippen LogP contribution is 2.27. The Hall–Kier alpha value is -1.26. The fraction of sp³-hybridized carbons (Fsp3) is 0.571. The number of phenolic OH excluding ortho intramolecular Hbond substituents is 1. The smallest absolute Gasteiger partial charge is 0.161 e. The van der Waals surface area contributed by atoms with Crippen LogP contribution in [0.4, 0.5) is 0 Å². The first-order valence-electron chi connectivity index (χ1n) is 6.29. The molecule has 0 spiro atoms. The van der Waals surface area contributed by atoms with Gasteiger partial charge in [-0.1, -0.05) is 6.07 Å². The van der Waals surface area contributed by atoms with E-state index in [2.05, 4.69) is 5.32 Å². The van der Waals surface area contributed by atoms with Crippen LogP contribution in [0.1, 0.15) is 32.8 Å². The zero-order valence-corrected chi connectivity index (χ0v) is 11.4. The van der Waals surface area contributed by atoms with Crippen LogP contribution in [0.3, 0.4) is 0 Å². The van der Waals surface area contributed by atoms with Gasteiger partial charge in [-0.25, -0.2) is 0 Å². The highest BCUT2D eigenvalue weighted by atomic mass is 16.5. The lowest BCUT2D eigenvalue weighted by Crippen LogP contribution is -2.39. The molecular formula is C14H23NO3. The second-order valence-electron chi connectivity index (χ2n) is 4.95. The van der Waals surface area contributed by atoms with E-state index in [-0.39, 0.29) is 17.9 Å². The lowest BCUT2D eigenvalue weighted by molar-refractivity contribution is 0.230. The molecule has 1 aromatic rings. The minimum Gasteiger partial charge on any atom is -0.504 e. The quantitative estimate of drug-likeness (QED) is 0.696. The molecule has 0 radical (unpaired) electrons. The molecule has 0 aromatic heterocycles. The van der Waals surface area contributed by atoms with Gasteiger partial charge in [-0.15, -0.1) is 0 Å². The summed E-state index contributed by atoms with van der Waals surface area (Å²) in [6.45, 7) is 7.35. The standard InChI is InChI=1S/C14H23NO3/c1-4-18-13-9-11(5-6-12(13)17)10-15-14(2,3)7-8-16/h5-6,9,15-17H,4,7-8,10H2,1-3H3. The van der Waals surface area contributed by atoms with Gasteiger partial charge in [-0.05, 0) is 44.9 Å². The van der Waals surface area contributed by atoms with Crippen molar-refractivity contribution < 1.29 is 14.9 Å². The zero-order valence-electron chi connectivity index (χ0n) is 11.4. The van der Waals surface area contributed by atoms with E-state index in [1.54, 1.807) is 6.07 Å². The Morgan fingerprint density at radius 3 is 2.67 bits per heavy atom. The van der Waals surface area contributed by atoms with Crippen LogP contribution >= 0.6 is 0 Å². The number of aliphatic hydroxyl groups is 1. The third-order valence-electron chi connectivity index (χ3n) is 2.83. The zero-order chi connectivity index (χ0) is 13.6. The Kier molecular flexibility index (Phi) is 5.44.